The lowest BCUT2D eigenvalue weighted by atomic mass is 9.89. The van der Waals surface area contributed by atoms with E-state index in [-0.39, 0.29) is 12.0 Å². The van der Waals surface area contributed by atoms with Crippen molar-refractivity contribution in [2.45, 2.75) is 58.7 Å². The quantitative estimate of drug-likeness (QED) is 0.749. The molecular formula is C12H20O6. The number of aliphatic hydroxyl groups excluding tert-OH is 1. The topological polar surface area (TPSA) is 82.1 Å². The van der Waals surface area contributed by atoms with Gasteiger partial charge in [-0.05, 0) is 6.42 Å². The van der Waals surface area contributed by atoms with Crippen molar-refractivity contribution in [3.63, 3.8) is 0 Å². The van der Waals surface area contributed by atoms with Gasteiger partial charge in [-0.3, -0.25) is 9.59 Å². The van der Waals surface area contributed by atoms with Gasteiger partial charge in [-0.15, -0.1) is 0 Å². The second-order valence-corrected chi connectivity index (χ2v) is 4.48. The highest BCUT2D eigenvalue weighted by atomic mass is 16.7. The van der Waals surface area contributed by atoms with Gasteiger partial charge < -0.3 is 19.3 Å². The van der Waals surface area contributed by atoms with Crippen LogP contribution in [-0.2, 0) is 23.8 Å². The van der Waals surface area contributed by atoms with Crippen molar-refractivity contribution >= 4 is 11.9 Å². The molecule has 0 saturated carbocycles. The van der Waals surface area contributed by atoms with Crippen LogP contribution in [0.1, 0.15) is 34.1 Å². The summed E-state index contributed by atoms with van der Waals surface area (Å²) in [6, 6.07) is 0. The lowest BCUT2D eigenvalue weighted by Gasteiger charge is -2.42. The van der Waals surface area contributed by atoms with Gasteiger partial charge >= 0.3 is 11.9 Å². The van der Waals surface area contributed by atoms with Gasteiger partial charge in [0.05, 0.1) is 6.10 Å². The molecule has 6 nitrogen and oxygen atoms in total. The Labute approximate surface area is 106 Å². The fourth-order valence-electron chi connectivity index (χ4n) is 2.15. The van der Waals surface area contributed by atoms with Crippen molar-refractivity contribution in [2.24, 2.45) is 5.92 Å². The average molecular weight is 260 g/mol. The zero-order valence-electron chi connectivity index (χ0n) is 11.1. The lowest BCUT2D eigenvalue weighted by Crippen LogP contribution is -2.56. The fraction of sp³-hybridized carbons (Fsp3) is 0.833. The molecule has 1 unspecified atom stereocenters. The fourth-order valence-corrected chi connectivity index (χ4v) is 2.15. The standard InChI is InChI=1S/C12H20O6/c1-5-9-6(2)11(16-7(3)13)10(15)12(18-9)17-8(4)14/h6,9-12,15H,5H2,1-4H3/t6-,9+,10+,11+,12?/m1/s1. The number of rotatable bonds is 3. The second kappa shape index (κ2) is 6.15. The number of aliphatic hydroxyl groups is 1. The molecule has 1 N–H and O–H groups in total. The molecule has 0 aliphatic carbocycles. The summed E-state index contributed by atoms with van der Waals surface area (Å²) in [5.41, 5.74) is 0. The molecule has 1 rings (SSSR count). The van der Waals surface area contributed by atoms with Crippen molar-refractivity contribution < 1.29 is 28.9 Å². The van der Waals surface area contributed by atoms with Crippen LogP contribution >= 0.6 is 0 Å². The SMILES string of the molecule is CC[C@@H]1OC(OC(C)=O)[C@@H](O)[C@@H](OC(C)=O)[C@@H]1C. The first-order valence-corrected chi connectivity index (χ1v) is 6.04. The monoisotopic (exact) mass is 260 g/mol. The van der Waals surface area contributed by atoms with E-state index in [1.165, 1.54) is 13.8 Å². The first-order chi connectivity index (χ1) is 8.36. The van der Waals surface area contributed by atoms with Crippen LogP contribution in [0.15, 0.2) is 0 Å². The molecular weight excluding hydrogens is 240 g/mol. The van der Waals surface area contributed by atoms with Crippen LogP contribution in [-0.4, -0.2) is 41.6 Å². The molecule has 1 fully saturated rings. The van der Waals surface area contributed by atoms with Crippen molar-refractivity contribution in [1.82, 2.24) is 0 Å². The molecule has 1 aliphatic rings. The summed E-state index contributed by atoms with van der Waals surface area (Å²) in [7, 11) is 0. The Hall–Kier alpha value is -1.14. The summed E-state index contributed by atoms with van der Waals surface area (Å²) in [6.07, 6.45) is -2.56. The highest BCUT2D eigenvalue weighted by Crippen LogP contribution is 2.30. The highest BCUT2D eigenvalue weighted by Gasteiger charge is 2.45. The minimum atomic E-state index is -1.17. The third-order valence-corrected chi connectivity index (χ3v) is 3.02. The zero-order valence-corrected chi connectivity index (χ0v) is 11.1. The van der Waals surface area contributed by atoms with Crippen LogP contribution in [0.2, 0.25) is 0 Å². The molecule has 18 heavy (non-hydrogen) atoms. The van der Waals surface area contributed by atoms with Crippen molar-refractivity contribution in [2.75, 3.05) is 0 Å². The van der Waals surface area contributed by atoms with E-state index in [9.17, 15) is 14.7 Å². The van der Waals surface area contributed by atoms with Crippen molar-refractivity contribution in [3.8, 4) is 0 Å². The molecule has 0 spiro atoms. The Balaban J connectivity index is 2.84. The number of esters is 2. The van der Waals surface area contributed by atoms with Gasteiger partial charge in [-0.2, -0.15) is 0 Å². The average Bonchev–Trinajstić information content (AvgIpc) is 2.27. The summed E-state index contributed by atoms with van der Waals surface area (Å²) in [5.74, 6) is -1.20. The molecule has 0 bridgehead atoms. The molecule has 1 heterocycles. The number of ether oxygens (including phenoxy) is 3. The Bertz CT molecular complexity index is 316. The van der Waals surface area contributed by atoms with E-state index in [1.807, 2.05) is 13.8 Å². The Morgan fingerprint density at radius 1 is 1.22 bits per heavy atom. The largest absolute Gasteiger partial charge is 0.459 e. The number of carbonyl (C=O) groups excluding carboxylic acids is 2. The van der Waals surface area contributed by atoms with Gasteiger partial charge in [0.15, 0.2) is 6.10 Å². The smallest absolute Gasteiger partial charge is 0.305 e. The Kier molecular flexibility index (Phi) is 5.10. The van der Waals surface area contributed by atoms with E-state index in [0.29, 0.717) is 6.42 Å². The molecule has 0 aromatic carbocycles. The summed E-state index contributed by atoms with van der Waals surface area (Å²) >= 11 is 0. The van der Waals surface area contributed by atoms with Crippen LogP contribution in [0.5, 0.6) is 0 Å². The van der Waals surface area contributed by atoms with Gasteiger partial charge in [0, 0.05) is 19.8 Å². The molecule has 0 aromatic heterocycles. The van der Waals surface area contributed by atoms with E-state index < -0.39 is 30.4 Å². The number of carbonyl (C=O) groups is 2. The molecule has 0 amide bonds. The van der Waals surface area contributed by atoms with E-state index in [2.05, 4.69) is 0 Å². The third-order valence-electron chi connectivity index (χ3n) is 3.02. The minimum Gasteiger partial charge on any atom is -0.459 e. The number of hydrogen-bond acceptors (Lipinski definition) is 6. The third kappa shape index (κ3) is 3.43. The van der Waals surface area contributed by atoms with Crippen LogP contribution in [0.4, 0.5) is 0 Å². The molecule has 104 valence electrons. The van der Waals surface area contributed by atoms with Crippen LogP contribution in [0, 0.1) is 5.92 Å². The number of hydrogen-bond donors (Lipinski definition) is 1. The minimum absolute atomic E-state index is 0.166. The zero-order chi connectivity index (χ0) is 13.9. The van der Waals surface area contributed by atoms with Gasteiger partial charge in [0.1, 0.15) is 6.10 Å². The molecule has 5 atom stereocenters. The second-order valence-electron chi connectivity index (χ2n) is 4.48. The highest BCUT2D eigenvalue weighted by molar-refractivity contribution is 5.66. The van der Waals surface area contributed by atoms with Gasteiger partial charge in [0.2, 0.25) is 6.29 Å². The summed E-state index contributed by atoms with van der Waals surface area (Å²) in [6.45, 7) is 6.25. The molecule has 6 heteroatoms. The van der Waals surface area contributed by atoms with Crippen molar-refractivity contribution in [1.29, 1.82) is 0 Å². The predicted molar refractivity (Wildman–Crippen MR) is 61.4 cm³/mol. The maximum Gasteiger partial charge on any atom is 0.305 e. The molecule has 0 aromatic rings. The Morgan fingerprint density at radius 3 is 2.22 bits per heavy atom. The van der Waals surface area contributed by atoms with E-state index >= 15 is 0 Å². The maximum atomic E-state index is 11.0. The van der Waals surface area contributed by atoms with Gasteiger partial charge in [0.25, 0.3) is 0 Å². The van der Waals surface area contributed by atoms with Crippen LogP contribution < -0.4 is 0 Å². The van der Waals surface area contributed by atoms with Crippen LogP contribution in [0.25, 0.3) is 0 Å². The molecule has 0 radical (unpaired) electrons. The Morgan fingerprint density at radius 2 is 1.78 bits per heavy atom. The molecule has 1 aliphatic heterocycles. The summed E-state index contributed by atoms with van der Waals surface area (Å²) < 4.78 is 15.5. The summed E-state index contributed by atoms with van der Waals surface area (Å²) in [4.78, 5) is 22.0. The van der Waals surface area contributed by atoms with Gasteiger partial charge in [-0.1, -0.05) is 13.8 Å². The maximum absolute atomic E-state index is 11.0. The summed E-state index contributed by atoms with van der Waals surface area (Å²) in [5, 5.41) is 10.0. The first kappa shape index (κ1) is 14.9. The van der Waals surface area contributed by atoms with Gasteiger partial charge in [-0.25, -0.2) is 0 Å². The predicted octanol–water partition coefficient (Wildman–Crippen LogP) is 0.613. The van der Waals surface area contributed by atoms with Crippen molar-refractivity contribution in [3.05, 3.63) is 0 Å². The molecule has 1 saturated heterocycles. The lowest BCUT2D eigenvalue weighted by molar-refractivity contribution is -0.277. The van der Waals surface area contributed by atoms with Crippen LogP contribution in [0.3, 0.4) is 0 Å². The normalized spacial score (nSPS) is 35.9. The first-order valence-electron chi connectivity index (χ1n) is 6.04. The van der Waals surface area contributed by atoms with E-state index in [4.69, 9.17) is 14.2 Å². The van der Waals surface area contributed by atoms with E-state index in [0.717, 1.165) is 0 Å². The van der Waals surface area contributed by atoms with E-state index in [1.54, 1.807) is 0 Å².